The highest BCUT2D eigenvalue weighted by Crippen LogP contribution is 2.21. The molecule has 1 rings (SSSR count). The lowest BCUT2D eigenvalue weighted by molar-refractivity contribution is 0.259. The Kier molecular flexibility index (Phi) is 6.61. The van der Waals surface area contributed by atoms with E-state index in [-0.39, 0.29) is 12.4 Å². The summed E-state index contributed by atoms with van der Waals surface area (Å²) in [5, 5.41) is 3.60. The minimum atomic E-state index is 0. The number of halogens is 1. The van der Waals surface area contributed by atoms with Gasteiger partial charge in [-0.3, -0.25) is 4.98 Å². The fraction of sp³-hybridized carbons (Fsp3) is 0.615. The van der Waals surface area contributed by atoms with Crippen LogP contribution in [0.1, 0.15) is 39.7 Å². The standard InChI is InChI=1S/C13H22N2.ClH/c1-5-12(13(2,3)4)15-10-11-6-8-14-9-7-11;/h6-9,12,15H,5,10H2,1-4H3;1H. The first kappa shape index (κ1) is 15.4. The summed E-state index contributed by atoms with van der Waals surface area (Å²) in [5.74, 6) is 0. The molecule has 1 atom stereocenters. The number of rotatable bonds is 4. The third kappa shape index (κ3) is 4.95. The second-order valence-electron chi connectivity index (χ2n) is 5.06. The van der Waals surface area contributed by atoms with E-state index in [1.807, 2.05) is 12.4 Å². The molecule has 92 valence electrons. The monoisotopic (exact) mass is 242 g/mol. The number of hydrogen-bond acceptors (Lipinski definition) is 2. The van der Waals surface area contributed by atoms with Crippen molar-refractivity contribution in [2.75, 3.05) is 0 Å². The van der Waals surface area contributed by atoms with E-state index < -0.39 is 0 Å². The minimum Gasteiger partial charge on any atom is -0.309 e. The highest BCUT2D eigenvalue weighted by Gasteiger charge is 2.21. The Morgan fingerprint density at radius 1 is 1.25 bits per heavy atom. The van der Waals surface area contributed by atoms with Gasteiger partial charge in [-0.2, -0.15) is 0 Å². The van der Waals surface area contributed by atoms with Gasteiger partial charge in [0.1, 0.15) is 0 Å². The number of hydrogen-bond donors (Lipinski definition) is 1. The maximum absolute atomic E-state index is 4.01. The normalized spacial score (nSPS) is 13.0. The summed E-state index contributed by atoms with van der Waals surface area (Å²) in [6.45, 7) is 10.00. The molecule has 1 aromatic heterocycles. The van der Waals surface area contributed by atoms with E-state index in [0.29, 0.717) is 11.5 Å². The van der Waals surface area contributed by atoms with Crippen molar-refractivity contribution in [3.8, 4) is 0 Å². The van der Waals surface area contributed by atoms with Crippen molar-refractivity contribution >= 4 is 12.4 Å². The fourth-order valence-corrected chi connectivity index (χ4v) is 1.80. The van der Waals surface area contributed by atoms with Gasteiger partial charge in [0.15, 0.2) is 0 Å². The summed E-state index contributed by atoms with van der Waals surface area (Å²) >= 11 is 0. The SMILES string of the molecule is CCC(NCc1ccncc1)C(C)(C)C.Cl. The zero-order chi connectivity index (χ0) is 11.3. The Balaban J connectivity index is 0.00000225. The number of nitrogens with zero attached hydrogens (tertiary/aromatic N) is 1. The van der Waals surface area contributed by atoms with Crippen LogP contribution < -0.4 is 5.32 Å². The number of pyridine rings is 1. The van der Waals surface area contributed by atoms with Crippen LogP contribution in [0, 0.1) is 5.41 Å². The van der Waals surface area contributed by atoms with Crippen molar-refractivity contribution in [1.82, 2.24) is 10.3 Å². The van der Waals surface area contributed by atoms with E-state index in [9.17, 15) is 0 Å². The van der Waals surface area contributed by atoms with E-state index in [0.717, 1.165) is 13.0 Å². The first-order valence-corrected chi connectivity index (χ1v) is 5.66. The molecule has 0 aromatic carbocycles. The lowest BCUT2D eigenvalue weighted by atomic mass is 9.85. The largest absolute Gasteiger partial charge is 0.309 e. The third-order valence-electron chi connectivity index (χ3n) is 2.76. The Bertz CT molecular complexity index is 280. The van der Waals surface area contributed by atoms with Crippen LogP contribution in [0.2, 0.25) is 0 Å². The van der Waals surface area contributed by atoms with Crippen molar-refractivity contribution in [2.24, 2.45) is 5.41 Å². The maximum atomic E-state index is 4.01. The van der Waals surface area contributed by atoms with Crippen molar-refractivity contribution in [1.29, 1.82) is 0 Å². The second-order valence-corrected chi connectivity index (χ2v) is 5.06. The predicted molar refractivity (Wildman–Crippen MR) is 71.9 cm³/mol. The van der Waals surface area contributed by atoms with Gasteiger partial charge in [0.2, 0.25) is 0 Å². The topological polar surface area (TPSA) is 24.9 Å². The Morgan fingerprint density at radius 3 is 2.25 bits per heavy atom. The van der Waals surface area contributed by atoms with Crippen molar-refractivity contribution in [2.45, 2.75) is 46.7 Å². The predicted octanol–water partition coefficient (Wildman–Crippen LogP) is 3.42. The van der Waals surface area contributed by atoms with Gasteiger partial charge in [0, 0.05) is 25.0 Å². The van der Waals surface area contributed by atoms with Crippen LogP contribution >= 0.6 is 12.4 Å². The van der Waals surface area contributed by atoms with Gasteiger partial charge in [-0.15, -0.1) is 12.4 Å². The van der Waals surface area contributed by atoms with Crippen molar-refractivity contribution < 1.29 is 0 Å². The quantitative estimate of drug-likeness (QED) is 0.875. The third-order valence-corrected chi connectivity index (χ3v) is 2.76. The lowest BCUT2D eigenvalue weighted by Gasteiger charge is -2.30. The molecule has 0 aliphatic heterocycles. The molecule has 0 aliphatic carbocycles. The summed E-state index contributed by atoms with van der Waals surface area (Å²) < 4.78 is 0. The van der Waals surface area contributed by atoms with Crippen LogP contribution in [-0.4, -0.2) is 11.0 Å². The van der Waals surface area contributed by atoms with Gasteiger partial charge in [0.25, 0.3) is 0 Å². The van der Waals surface area contributed by atoms with Gasteiger partial charge < -0.3 is 5.32 Å². The summed E-state index contributed by atoms with van der Waals surface area (Å²) in [6.07, 6.45) is 4.85. The Hall–Kier alpha value is -0.600. The molecule has 0 bridgehead atoms. The molecule has 1 unspecified atom stereocenters. The molecule has 0 spiro atoms. The Morgan fingerprint density at radius 2 is 1.81 bits per heavy atom. The summed E-state index contributed by atoms with van der Waals surface area (Å²) in [6, 6.07) is 4.68. The van der Waals surface area contributed by atoms with Crippen LogP contribution in [0.5, 0.6) is 0 Å². The number of nitrogens with one attached hydrogen (secondary N) is 1. The molecule has 1 N–H and O–H groups in total. The van der Waals surface area contributed by atoms with Crippen molar-refractivity contribution in [3.05, 3.63) is 30.1 Å². The second kappa shape index (κ2) is 6.87. The van der Waals surface area contributed by atoms with E-state index in [2.05, 4.69) is 50.1 Å². The molecule has 0 aliphatic rings. The first-order chi connectivity index (χ1) is 7.04. The average Bonchev–Trinajstić information content (AvgIpc) is 2.18. The molecular formula is C13H23ClN2. The Labute approximate surface area is 105 Å². The van der Waals surface area contributed by atoms with Gasteiger partial charge in [-0.1, -0.05) is 27.7 Å². The van der Waals surface area contributed by atoms with Gasteiger partial charge >= 0.3 is 0 Å². The van der Waals surface area contributed by atoms with Crippen LogP contribution in [0.3, 0.4) is 0 Å². The lowest BCUT2D eigenvalue weighted by Crippen LogP contribution is -2.39. The summed E-state index contributed by atoms with van der Waals surface area (Å²) in [5.41, 5.74) is 1.62. The van der Waals surface area contributed by atoms with Crippen LogP contribution in [-0.2, 0) is 6.54 Å². The molecule has 0 fully saturated rings. The molecule has 0 radical (unpaired) electrons. The van der Waals surface area contributed by atoms with Gasteiger partial charge in [-0.25, -0.2) is 0 Å². The van der Waals surface area contributed by atoms with Crippen LogP contribution in [0.4, 0.5) is 0 Å². The van der Waals surface area contributed by atoms with Crippen LogP contribution in [0.15, 0.2) is 24.5 Å². The number of aromatic nitrogens is 1. The molecule has 0 saturated heterocycles. The maximum Gasteiger partial charge on any atom is 0.0271 e. The first-order valence-electron chi connectivity index (χ1n) is 5.66. The van der Waals surface area contributed by atoms with Gasteiger partial charge in [0.05, 0.1) is 0 Å². The van der Waals surface area contributed by atoms with Crippen LogP contribution in [0.25, 0.3) is 0 Å². The van der Waals surface area contributed by atoms with E-state index in [1.54, 1.807) is 0 Å². The van der Waals surface area contributed by atoms with E-state index >= 15 is 0 Å². The van der Waals surface area contributed by atoms with Gasteiger partial charge in [-0.05, 0) is 29.5 Å². The molecule has 1 heterocycles. The zero-order valence-corrected chi connectivity index (χ0v) is 11.5. The molecular weight excluding hydrogens is 220 g/mol. The zero-order valence-electron chi connectivity index (χ0n) is 10.7. The summed E-state index contributed by atoms with van der Waals surface area (Å²) in [7, 11) is 0. The highest BCUT2D eigenvalue weighted by atomic mass is 35.5. The fourth-order valence-electron chi connectivity index (χ4n) is 1.80. The van der Waals surface area contributed by atoms with E-state index in [1.165, 1.54) is 5.56 Å². The summed E-state index contributed by atoms with van der Waals surface area (Å²) in [4.78, 5) is 4.01. The molecule has 1 aromatic rings. The van der Waals surface area contributed by atoms with E-state index in [4.69, 9.17) is 0 Å². The molecule has 0 amide bonds. The molecule has 2 nitrogen and oxygen atoms in total. The minimum absolute atomic E-state index is 0. The van der Waals surface area contributed by atoms with Crippen molar-refractivity contribution in [3.63, 3.8) is 0 Å². The molecule has 3 heteroatoms. The average molecular weight is 243 g/mol. The molecule has 16 heavy (non-hydrogen) atoms. The highest BCUT2D eigenvalue weighted by molar-refractivity contribution is 5.85. The molecule has 0 saturated carbocycles. The smallest absolute Gasteiger partial charge is 0.0271 e.